The monoisotopic (exact) mass is 349 g/mol. The van der Waals surface area contributed by atoms with Crippen LogP contribution in [0.15, 0.2) is 48.8 Å². The average molecular weight is 349 g/mol. The minimum absolute atomic E-state index is 0.392. The first-order valence-corrected chi connectivity index (χ1v) is 9.01. The molecule has 0 saturated carbocycles. The highest BCUT2D eigenvalue weighted by molar-refractivity contribution is 5.80. The number of ether oxygens (including phenoxy) is 1. The van der Waals surface area contributed by atoms with Crippen molar-refractivity contribution in [3.8, 4) is 5.88 Å². The van der Waals surface area contributed by atoms with Gasteiger partial charge in [0, 0.05) is 49.0 Å². The van der Waals surface area contributed by atoms with E-state index in [9.17, 15) is 0 Å². The predicted molar refractivity (Wildman–Crippen MR) is 102 cm³/mol. The van der Waals surface area contributed by atoms with Gasteiger partial charge in [-0.2, -0.15) is 0 Å². The van der Waals surface area contributed by atoms with Crippen LogP contribution < -0.4 is 15.0 Å². The molecule has 0 aliphatic carbocycles. The van der Waals surface area contributed by atoms with Gasteiger partial charge in [0.25, 0.3) is 0 Å². The molecule has 6 nitrogen and oxygen atoms in total. The van der Waals surface area contributed by atoms with Crippen LogP contribution in [0, 0.1) is 0 Å². The number of hydrogen-bond donors (Lipinski definition) is 1. The minimum Gasteiger partial charge on any atom is -0.481 e. The third-order valence-corrected chi connectivity index (χ3v) is 4.79. The smallest absolute Gasteiger partial charge is 0.225 e. The fourth-order valence-corrected chi connectivity index (χ4v) is 3.48. The van der Waals surface area contributed by atoms with Gasteiger partial charge in [0.2, 0.25) is 11.8 Å². The van der Waals surface area contributed by atoms with Crippen molar-refractivity contribution >= 4 is 16.9 Å². The van der Waals surface area contributed by atoms with Crippen LogP contribution in [0.25, 0.3) is 10.9 Å². The van der Waals surface area contributed by atoms with Crippen molar-refractivity contribution in [2.24, 2.45) is 0 Å². The summed E-state index contributed by atoms with van der Waals surface area (Å²) in [5, 5.41) is 4.79. The molecule has 26 heavy (non-hydrogen) atoms. The van der Waals surface area contributed by atoms with Crippen LogP contribution in [0.3, 0.4) is 0 Å². The summed E-state index contributed by atoms with van der Waals surface area (Å²) in [5.41, 5.74) is 2.04. The summed E-state index contributed by atoms with van der Waals surface area (Å²) in [5.74, 6) is 1.50. The fourth-order valence-electron chi connectivity index (χ4n) is 3.48. The van der Waals surface area contributed by atoms with Gasteiger partial charge in [-0.25, -0.2) is 15.0 Å². The maximum absolute atomic E-state index is 5.50. The molecule has 1 saturated heterocycles. The molecular weight excluding hydrogens is 326 g/mol. The summed E-state index contributed by atoms with van der Waals surface area (Å²) < 4.78 is 5.50. The Morgan fingerprint density at radius 2 is 2.04 bits per heavy atom. The molecule has 1 aliphatic heterocycles. The van der Waals surface area contributed by atoms with Gasteiger partial charge in [0.05, 0.1) is 12.6 Å². The molecule has 3 aromatic rings. The van der Waals surface area contributed by atoms with Gasteiger partial charge < -0.3 is 15.0 Å². The molecule has 0 spiro atoms. The molecule has 1 N–H and O–H groups in total. The number of para-hydroxylation sites is 1. The first-order valence-electron chi connectivity index (χ1n) is 9.01. The van der Waals surface area contributed by atoms with Gasteiger partial charge >= 0.3 is 0 Å². The van der Waals surface area contributed by atoms with E-state index >= 15 is 0 Å². The van der Waals surface area contributed by atoms with Gasteiger partial charge in [-0.3, -0.25) is 0 Å². The number of methoxy groups -OCH3 is 1. The topological polar surface area (TPSA) is 63.2 Å². The summed E-state index contributed by atoms with van der Waals surface area (Å²) in [6.07, 6.45) is 5.87. The molecule has 4 rings (SSSR count). The summed E-state index contributed by atoms with van der Waals surface area (Å²) in [6, 6.07) is 12.5. The van der Waals surface area contributed by atoms with E-state index in [2.05, 4.69) is 37.3 Å². The number of pyridine rings is 1. The molecule has 0 radical (unpaired) electrons. The molecule has 0 amide bonds. The minimum atomic E-state index is 0.392. The van der Waals surface area contributed by atoms with Crippen LogP contribution in [0.1, 0.15) is 18.4 Å². The lowest BCUT2D eigenvalue weighted by atomic mass is 10.1. The second-order valence-electron chi connectivity index (χ2n) is 6.56. The number of rotatable bonds is 5. The zero-order valence-electron chi connectivity index (χ0n) is 14.9. The number of anilines is 1. The maximum atomic E-state index is 5.50. The number of benzene rings is 1. The van der Waals surface area contributed by atoms with Crippen LogP contribution in [0.2, 0.25) is 0 Å². The van der Waals surface area contributed by atoms with Gasteiger partial charge in [-0.05, 0) is 31.0 Å². The Kier molecular flexibility index (Phi) is 4.93. The highest BCUT2D eigenvalue weighted by Gasteiger charge is 2.21. The summed E-state index contributed by atoms with van der Waals surface area (Å²) >= 11 is 0. The number of fused-ring (bicyclic) bond motifs is 1. The summed E-state index contributed by atoms with van der Waals surface area (Å²) in [7, 11) is 1.68. The Morgan fingerprint density at radius 3 is 2.88 bits per heavy atom. The Balaban J connectivity index is 1.46. The standard InChI is InChI=1S/C20H23N5O/c1-26-19-16(12-15-6-2-3-8-18(15)24-19)13-23-17-7-4-11-25(14-17)20-21-9-5-10-22-20/h2-3,5-6,8-10,12,17,23H,4,7,11,13-14H2,1H3/t17-/m0/s1. The molecule has 134 valence electrons. The molecule has 1 atom stereocenters. The molecule has 1 aromatic carbocycles. The van der Waals surface area contributed by atoms with Crippen molar-refractivity contribution in [2.45, 2.75) is 25.4 Å². The van der Waals surface area contributed by atoms with Gasteiger partial charge in [0.1, 0.15) is 0 Å². The third kappa shape index (κ3) is 3.60. The van der Waals surface area contributed by atoms with E-state index in [0.29, 0.717) is 11.9 Å². The lowest BCUT2D eigenvalue weighted by molar-refractivity contribution is 0.382. The molecule has 2 aromatic heterocycles. The lowest BCUT2D eigenvalue weighted by Crippen LogP contribution is -2.46. The predicted octanol–water partition coefficient (Wildman–Crippen LogP) is 2.79. The van der Waals surface area contributed by atoms with E-state index in [1.165, 1.54) is 0 Å². The molecule has 3 heterocycles. The van der Waals surface area contributed by atoms with E-state index in [4.69, 9.17) is 4.74 Å². The Hall–Kier alpha value is -2.73. The number of aromatic nitrogens is 3. The van der Waals surface area contributed by atoms with Crippen molar-refractivity contribution in [1.29, 1.82) is 0 Å². The third-order valence-electron chi connectivity index (χ3n) is 4.79. The zero-order valence-corrected chi connectivity index (χ0v) is 14.9. The summed E-state index contributed by atoms with van der Waals surface area (Å²) in [6.45, 7) is 2.64. The zero-order chi connectivity index (χ0) is 17.8. The Labute approximate surface area is 153 Å². The number of nitrogens with one attached hydrogen (secondary N) is 1. The average Bonchev–Trinajstić information content (AvgIpc) is 2.72. The molecule has 1 aliphatic rings. The number of nitrogens with zero attached hydrogens (tertiary/aromatic N) is 4. The second kappa shape index (κ2) is 7.66. The number of hydrogen-bond acceptors (Lipinski definition) is 6. The molecule has 0 unspecified atom stereocenters. The molecular formula is C20H23N5O. The van der Waals surface area contributed by atoms with Crippen molar-refractivity contribution in [3.63, 3.8) is 0 Å². The second-order valence-corrected chi connectivity index (χ2v) is 6.56. The van der Waals surface area contributed by atoms with Crippen LogP contribution in [-0.2, 0) is 6.54 Å². The van der Waals surface area contributed by atoms with Crippen LogP contribution in [0.5, 0.6) is 5.88 Å². The maximum Gasteiger partial charge on any atom is 0.225 e. The SMILES string of the molecule is COc1nc2ccccc2cc1CN[C@H]1CCCN(c2ncccn2)C1. The Morgan fingerprint density at radius 1 is 1.19 bits per heavy atom. The van der Waals surface area contributed by atoms with E-state index in [1.54, 1.807) is 19.5 Å². The Bertz CT molecular complexity index is 870. The summed E-state index contributed by atoms with van der Waals surface area (Å²) in [4.78, 5) is 15.6. The van der Waals surface area contributed by atoms with E-state index in [0.717, 1.165) is 54.9 Å². The largest absolute Gasteiger partial charge is 0.481 e. The highest BCUT2D eigenvalue weighted by atomic mass is 16.5. The van der Waals surface area contributed by atoms with Crippen molar-refractivity contribution < 1.29 is 4.74 Å². The first-order chi connectivity index (χ1) is 12.8. The van der Waals surface area contributed by atoms with E-state index in [1.807, 2.05) is 24.3 Å². The van der Waals surface area contributed by atoms with Crippen LogP contribution in [-0.4, -0.2) is 41.2 Å². The van der Waals surface area contributed by atoms with Crippen LogP contribution in [0.4, 0.5) is 5.95 Å². The van der Waals surface area contributed by atoms with Gasteiger partial charge in [-0.15, -0.1) is 0 Å². The van der Waals surface area contributed by atoms with Crippen molar-refractivity contribution in [2.75, 3.05) is 25.1 Å². The normalized spacial score (nSPS) is 17.4. The van der Waals surface area contributed by atoms with Gasteiger partial charge in [0.15, 0.2) is 0 Å². The first kappa shape index (κ1) is 16.7. The fraction of sp³-hybridized carbons (Fsp3) is 0.350. The van der Waals surface area contributed by atoms with Crippen molar-refractivity contribution in [3.05, 3.63) is 54.4 Å². The van der Waals surface area contributed by atoms with Crippen molar-refractivity contribution in [1.82, 2.24) is 20.3 Å². The highest BCUT2D eigenvalue weighted by Crippen LogP contribution is 2.23. The molecule has 1 fully saturated rings. The van der Waals surface area contributed by atoms with E-state index < -0.39 is 0 Å². The molecule has 6 heteroatoms. The number of piperidine rings is 1. The van der Waals surface area contributed by atoms with Gasteiger partial charge in [-0.1, -0.05) is 18.2 Å². The lowest BCUT2D eigenvalue weighted by Gasteiger charge is -2.33. The molecule has 0 bridgehead atoms. The van der Waals surface area contributed by atoms with E-state index in [-0.39, 0.29) is 0 Å². The van der Waals surface area contributed by atoms with Crippen LogP contribution >= 0.6 is 0 Å². The quantitative estimate of drug-likeness (QED) is 0.764.